The molecule has 28 heavy (non-hydrogen) atoms. The summed E-state index contributed by atoms with van der Waals surface area (Å²) in [4.78, 5) is 32.1. The Kier molecular flexibility index (Phi) is 6.10. The van der Waals surface area contributed by atoms with Crippen LogP contribution in [0.2, 0.25) is 5.02 Å². The summed E-state index contributed by atoms with van der Waals surface area (Å²) in [7, 11) is 0. The number of nitrogens with zero attached hydrogens (tertiary/aromatic N) is 1. The van der Waals surface area contributed by atoms with Crippen molar-refractivity contribution in [2.24, 2.45) is 5.41 Å². The van der Waals surface area contributed by atoms with E-state index in [0.717, 1.165) is 5.56 Å². The third-order valence-electron chi connectivity index (χ3n) is 3.99. The number of nitrogens with one attached hydrogen (secondary N) is 2. The van der Waals surface area contributed by atoms with Gasteiger partial charge in [-0.15, -0.1) is 0 Å². The molecule has 0 aliphatic rings. The Morgan fingerprint density at radius 1 is 1.21 bits per heavy atom. The van der Waals surface area contributed by atoms with Crippen molar-refractivity contribution in [1.82, 2.24) is 15.3 Å². The Balaban J connectivity index is 1.82. The molecule has 0 unspecified atom stereocenters. The minimum atomic E-state index is -0.222. The van der Waals surface area contributed by atoms with Crippen LogP contribution in [0.25, 0.3) is 10.9 Å². The molecule has 0 fully saturated rings. The minimum absolute atomic E-state index is 0.00789. The maximum absolute atomic E-state index is 12.4. The zero-order chi connectivity index (χ0) is 20.3. The van der Waals surface area contributed by atoms with Gasteiger partial charge in [-0.05, 0) is 41.3 Å². The summed E-state index contributed by atoms with van der Waals surface area (Å²) in [5.74, 6) is 0.452. The lowest BCUT2D eigenvalue weighted by atomic mass is 9.97. The first-order chi connectivity index (χ1) is 13.2. The Morgan fingerprint density at radius 3 is 2.71 bits per heavy atom. The molecular formula is C21H22ClN3O2S. The number of aromatic amines is 1. The molecule has 146 valence electrons. The first-order valence-electron chi connectivity index (χ1n) is 8.91. The van der Waals surface area contributed by atoms with E-state index in [9.17, 15) is 9.59 Å². The van der Waals surface area contributed by atoms with Crippen LogP contribution in [0, 0.1) is 5.41 Å². The molecule has 0 atom stereocenters. The van der Waals surface area contributed by atoms with Crippen LogP contribution in [-0.2, 0) is 5.75 Å². The lowest BCUT2D eigenvalue weighted by Gasteiger charge is -2.18. The molecule has 5 nitrogen and oxygen atoms in total. The normalized spacial score (nSPS) is 11.6. The van der Waals surface area contributed by atoms with Crippen LogP contribution in [0.15, 0.2) is 52.4 Å². The number of carbonyl (C=O) groups excluding carboxylic acids is 1. The Morgan fingerprint density at radius 2 is 2.00 bits per heavy atom. The highest BCUT2D eigenvalue weighted by atomic mass is 35.5. The number of aromatic nitrogens is 2. The number of fused-ring (bicyclic) bond motifs is 1. The highest BCUT2D eigenvalue weighted by Crippen LogP contribution is 2.22. The second kappa shape index (κ2) is 8.37. The molecule has 0 aliphatic heterocycles. The van der Waals surface area contributed by atoms with Gasteiger partial charge in [-0.3, -0.25) is 9.59 Å². The molecule has 2 aromatic carbocycles. The van der Waals surface area contributed by atoms with E-state index in [1.165, 1.54) is 11.8 Å². The summed E-state index contributed by atoms with van der Waals surface area (Å²) in [5.41, 5.74) is 1.80. The highest BCUT2D eigenvalue weighted by Gasteiger charge is 2.14. The number of thioether (sulfide) groups is 1. The van der Waals surface area contributed by atoms with Crippen LogP contribution in [0.3, 0.4) is 0 Å². The highest BCUT2D eigenvalue weighted by molar-refractivity contribution is 7.98. The molecule has 0 aliphatic carbocycles. The van der Waals surface area contributed by atoms with Crippen LogP contribution in [0.5, 0.6) is 0 Å². The second-order valence-electron chi connectivity index (χ2n) is 7.76. The van der Waals surface area contributed by atoms with Crippen molar-refractivity contribution in [3.63, 3.8) is 0 Å². The minimum Gasteiger partial charge on any atom is -0.352 e. The third-order valence-corrected chi connectivity index (χ3v) is 5.17. The van der Waals surface area contributed by atoms with E-state index in [2.05, 4.69) is 36.1 Å². The van der Waals surface area contributed by atoms with Gasteiger partial charge in [0.25, 0.3) is 11.5 Å². The average Bonchev–Trinajstić information content (AvgIpc) is 2.63. The molecule has 0 radical (unpaired) electrons. The van der Waals surface area contributed by atoms with Gasteiger partial charge in [0.2, 0.25) is 0 Å². The Labute approximate surface area is 172 Å². The average molecular weight is 416 g/mol. The topological polar surface area (TPSA) is 74.8 Å². The predicted molar refractivity (Wildman–Crippen MR) is 115 cm³/mol. The van der Waals surface area contributed by atoms with Crippen molar-refractivity contribution in [2.75, 3.05) is 6.54 Å². The van der Waals surface area contributed by atoms with Gasteiger partial charge in [-0.1, -0.05) is 56.3 Å². The van der Waals surface area contributed by atoms with Crippen LogP contribution < -0.4 is 10.9 Å². The van der Waals surface area contributed by atoms with Gasteiger partial charge in [0, 0.05) is 22.9 Å². The maximum atomic E-state index is 12.4. The summed E-state index contributed by atoms with van der Waals surface area (Å²) < 4.78 is 0. The zero-order valence-corrected chi connectivity index (χ0v) is 17.6. The molecule has 3 aromatic rings. The fraction of sp³-hybridized carbons (Fsp3) is 0.286. The Bertz CT molecular complexity index is 1070. The standard InChI is InChI=1S/C21H22ClN3O2S/c1-21(2,3)12-23-18(26)14-7-8-16-17(10-14)24-20(25-19(16)27)28-11-13-5-4-6-15(22)9-13/h4-10H,11-12H2,1-3H3,(H,23,26)(H,24,25,27). The van der Waals surface area contributed by atoms with E-state index in [-0.39, 0.29) is 16.9 Å². The first-order valence-corrected chi connectivity index (χ1v) is 10.3. The lowest BCUT2D eigenvalue weighted by molar-refractivity contribution is 0.0939. The van der Waals surface area contributed by atoms with Crippen molar-refractivity contribution in [2.45, 2.75) is 31.7 Å². The van der Waals surface area contributed by atoms with E-state index < -0.39 is 0 Å². The number of rotatable bonds is 5. The molecule has 0 saturated carbocycles. The third kappa shape index (κ3) is 5.36. The molecule has 2 N–H and O–H groups in total. The van der Waals surface area contributed by atoms with Crippen molar-refractivity contribution in [1.29, 1.82) is 0 Å². The number of halogens is 1. The van der Waals surface area contributed by atoms with Crippen LogP contribution in [0.1, 0.15) is 36.7 Å². The van der Waals surface area contributed by atoms with Crippen LogP contribution in [-0.4, -0.2) is 22.4 Å². The maximum Gasteiger partial charge on any atom is 0.259 e. The first kappa shape index (κ1) is 20.4. The van der Waals surface area contributed by atoms with Crippen molar-refractivity contribution < 1.29 is 4.79 Å². The van der Waals surface area contributed by atoms with Crippen molar-refractivity contribution in [3.8, 4) is 0 Å². The number of amides is 1. The SMILES string of the molecule is CC(C)(C)CNC(=O)c1ccc2c(=O)[nH]c(SCc3cccc(Cl)c3)nc2c1. The van der Waals surface area contributed by atoms with Crippen LogP contribution >= 0.6 is 23.4 Å². The lowest BCUT2D eigenvalue weighted by Crippen LogP contribution is -2.32. The molecule has 0 spiro atoms. The van der Waals surface area contributed by atoms with E-state index in [1.807, 2.05) is 24.3 Å². The fourth-order valence-electron chi connectivity index (χ4n) is 2.55. The van der Waals surface area contributed by atoms with Gasteiger partial charge < -0.3 is 10.3 Å². The molecule has 1 heterocycles. The zero-order valence-electron chi connectivity index (χ0n) is 16.0. The fourth-order valence-corrected chi connectivity index (χ4v) is 3.58. The smallest absolute Gasteiger partial charge is 0.259 e. The van der Waals surface area contributed by atoms with Gasteiger partial charge in [-0.2, -0.15) is 0 Å². The molecule has 1 amide bonds. The summed E-state index contributed by atoms with van der Waals surface area (Å²) in [6.07, 6.45) is 0. The summed E-state index contributed by atoms with van der Waals surface area (Å²) in [5, 5.41) is 4.55. The second-order valence-corrected chi connectivity index (χ2v) is 9.17. The van der Waals surface area contributed by atoms with Gasteiger partial charge in [0.1, 0.15) is 0 Å². The van der Waals surface area contributed by atoms with Crippen LogP contribution in [0.4, 0.5) is 0 Å². The Hall–Kier alpha value is -2.31. The van der Waals surface area contributed by atoms with Gasteiger partial charge in [-0.25, -0.2) is 4.98 Å². The van der Waals surface area contributed by atoms with Gasteiger partial charge in [0.05, 0.1) is 10.9 Å². The molecule has 1 aromatic heterocycles. The summed E-state index contributed by atoms with van der Waals surface area (Å²) >= 11 is 7.42. The van der Waals surface area contributed by atoms with Crippen molar-refractivity contribution >= 4 is 40.2 Å². The number of hydrogen-bond acceptors (Lipinski definition) is 4. The molecule has 0 bridgehead atoms. The number of benzene rings is 2. The van der Waals surface area contributed by atoms with Gasteiger partial charge >= 0.3 is 0 Å². The quantitative estimate of drug-likeness (QED) is 0.470. The van der Waals surface area contributed by atoms with Crippen molar-refractivity contribution in [3.05, 3.63) is 69.0 Å². The van der Waals surface area contributed by atoms with E-state index in [1.54, 1.807) is 18.2 Å². The molecule has 3 rings (SSSR count). The number of hydrogen-bond donors (Lipinski definition) is 2. The number of H-pyrrole nitrogens is 1. The van der Waals surface area contributed by atoms with E-state index >= 15 is 0 Å². The molecule has 7 heteroatoms. The van der Waals surface area contributed by atoms with E-state index in [4.69, 9.17) is 11.6 Å². The monoisotopic (exact) mass is 415 g/mol. The van der Waals surface area contributed by atoms with Gasteiger partial charge in [0.15, 0.2) is 5.16 Å². The largest absolute Gasteiger partial charge is 0.352 e. The molecular weight excluding hydrogens is 394 g/mol. The molecule has 0 saturated heterocycles. The number of carbonyl (C=O) groups is 1. The van der Waals surface area contributed by atoms with E-state index in [0.29, 0.717) is 38.9 Å². The summed E-state index contributed by atoms with van der Waals surface area (Å²) in [6, 6.07) is 12.5. The predicted octanol–water partition coefficient (Wildman–Crippen LogP) is 4.64. The summed E-state index contributed by atoms with van der Waals surface area (Å²) in [6.45, 7) is 6.72.